The predicted octanol–water partition coefficient (Wildman–Crippen LogP) is 2.45. The second-order valence-corrected chi connectivity index (χ2v) is 8.80. The largest absolute Gasteiger partial charge is 0.375 e. The van der Waals surface area contributed by atoms with Crippen LogP contribution in [0.3, 0.4) is 0 Å². The highest BCUT2D eigenvalue weighted by Crippen LogP contribution is 2.15. The summed E-state index contributed by atoms with van der Waals surface area (Å²) in [6, 6.07) is 6.37. The molecule has 1 aromatic heterocycles. The molecule has 1 heterocycles. The van der Waals surface area contributed by atoms with E-state index in [1.807, 2.05) is 44.9 Å². The number of benzene rings is 1. The first-order chi connectivity index (χ1) is 13.7. The van der Waals surface area contributed by atoms with Gasteiger partial charge in [-0.3, -0.25) is 14.5 Å². The maximum atomic E-state index is 12.9. The maximum Gasteiger partial charge on any atom is 0.243 e. The molecule has 0 fully saturated rings. The van der Waals surface area contributed by atoms with Crippen LogP contribution in [0.1, 0.15) is 31.2 Å². The Hall–Kier alpha value is -2.16. The molecule has 0 spiro atoms. The third kappa shape index (κ3) is 6.99. The molecular formula is C20H28ClN5O2S. The van der Waals surface area contributed by atoms with E-state index in [0.29, 0.717) is 23.1 Å². The van der Waals surface area contributed by atoms with Gasteiger partial charge in [-0.05, 0) is 45.5 Å². The van der Waals surface area contributed by atoms with Crippen molar-refractivity contribution in [2.75, 3.05) is 12.8 Å². The fourth-order valence-corrected chi connectivity index (χ4v) is 3.57. The lowest BCUT2D eigenvalue weighted by atomic mass is 10.0. The van der Waals surface area contributed by atoms with E-state index in [0.717, 1.165) is 10.4 Å². The summed E-state index contributed by atoms with van der Waals surface area (Å²) in [7, 11) is 1.88. The van der Waals surface area contributed by atoms with Crippen LogP contribution in [0.2, 0.25) is 5.02 Å². The first-order valence-corrected chi connectivity index (χ1v) is 10.6. The van der Waals surface area contributed by atoms with Gasteiger partial charge < -0.3 is 16.4 Å². The van der Waals surface area contributed by atoms with Crippen molar-refractivity contribution in [3.63, 3.8) is 0 Å². The molecule has 158 valence electrons. The first kappa shape index (κ1) is 23.1. The summed E-state index contributed by atoms with van der Waals surface area (Å²) in [6.07, 6.45) is 1.96. The first-order valence-electron chi connectivity index (χ1n) is 9.42. The quantitative estimate of drug-likeness (QED) is 0.559. The third-order valence-corrected chi connectivity index (χ3v) is 5.84. The van der Waals surface area contributed by atoms with Gasteiger partial charge in [-0.15, -0.1) is 11.3 Å². The van der Waals surface area contributed by atoms with Gasteiger partial charge in [0, 0.05) is 28.6 Å². The molecule has 0 radical (unpaired) electrons. The standard InChI is InChI=1S/C20H28ClN5O2S/c1-12(2)26(4)13(3)18(27)25-17(9-14-6-5-7-15(21)8-14)19(28)23-10-16-11-24-20(22)29-16/h5-8,11-13,17H,9-10H2,1-4H3,(H2,22,24)(H,23,28)(H,25,27)/t13?,17-/m0/s1. The number of nitrogens with two attached hydrogens (primary N) is 1. The summed E-state index contributed by atoms with van der Waals surface area (Å²) in [6.45, 7) is 6.16. The third-order valence-electron chi connectivity index (χ3n) is 4.78. The smallest absolute Gasteiger partial charge is 0.243 e. The van der Waals surface area contributed by atoms with Crippen molar-refractivity contribution in [3.05, 3.63) is 45.9 Å². The van der Waals surface area contributed by atoms with E-state index in [4.69, 9.17) is 17.3 Å². The molecule has 0 saturated carbocycles. The van der Waals surface area contributed by atoms with Gasteiger partial charge in [0.25, 0.3) is 0 Å². The minimum absolute atomic E-state index is 0.202. The second kappa shape index (κ2) is 10.6. The van der Waals surface area contributed by atoms with E-state index in [2.05, 4.69) is 15.6 Å². The van der Waals surface area contributed by atoms with E-state index in [1.165, 1.54) is 11.3 Å². The highest BCUT2D eigenvalue weighted by Gasteiger charge is 2.26. The number of thiazole rings is 1. The Balaban J connectivity index is 2.11. The number of amides is 2. The van der Waals surface area contributed by atoms with Gasteiger partial charge in [0.2, 0.25) is 11.8 Å². The number of nitrogen functional groups attached to an aromatic ring is 1. The lowest BCUT2D eigenvalue weighted by molar-refractivity contribution is -0.131. The molecule has 1 unspecified atom stereocenters. The van der Waals surface area contributed by atoms with Crippen LogP contribution in [0.5, 0.6) is 0 Å². The van der Waals surface area contributed by atoms with Gasteiger partial charge >= 0.3 is 0 Å². The number of carbonyl (C=O) groups excluding carboxylic acids is 2. The summed E-state index contributed by atoms with van der Waals surface area (Å²) in [4.78, 5) is 32.4. The van der Waals surface area contributed by atoms with Gasteiger partial charge in [0.15, 0.2) is 5.13 Å². The summed E-state index contributed by atoms with van der Waals surface area (Å²) >= 11 is 7.39. The van der Waals surface area contributed by atoms with Crippen molar-refractivity contribution in [2.24, 2.45) is 0 Å². The molecule has 0 aliphatic heterocycles. The van der Waals surface area contributed by atoms with Crippen molar-refractivity contribution in [1.29, 1.82) is 0 Å². The zero-order chi connectivity index (χ0) is 21.6. The van der Waals surface area contributed by atoms with E-state index in [1.54, 1.807) is 18.3 Å². The van der Waals surface area contributed by atoms with Crippen LogP contribution in [-0.2, 0) is 22.6 Å². The number of hydrogen-bond donors (Lipinski definition) is 3. The van der Waals surface area contributed by atoms with Crippen molar-refractivity contribution in [2.45, 2.75) is 51.9 Å². The molecular weight excluding hydrogens is 410 g/mol. The summed E-state index contributed by atoms with van der Waals surface area (Å²) < 4.78 is 0. The van der Waals surface area contributed by atoms with Crippen LogP contribution in [0.25, 0.3) is 0 Å². The van der Waals surface area contributed by atoms with Crippen LogP contribution in [0, 0.1) is 0 Å². The van der Waals surface area contributed by atoms with Crippen LogP contribution in [0.4, 0.5) is 5.13 Å². The van der Waals surface area contributed by atoms with Crippen molar-refractivity contribution in [3.8, 4) is 0 Å². The molecule has 9 heteroatoms. The number of hydrogen-bond acceptors (Lipinski definition) is 6. The van der Waals surface area contributed by atoms with Gasteiger partial charge in [0.05, 0.1) is 12.6 Å². The average Bonchev–Trinajstić information content (AvgIpc) is 3.09. The van der Waals surface area contributed by atoms with Crippen LogP contribution in [-0.4, -0.2) is 46.9 Å². The number of carbonyl (C=O) groups is 2. The number of anilines is 1. The topological polar surface area (TPSA) is 100 Å². The normalized spacial score (nSPS) is 13.3. The molecule has 4 N–H and O–H groups in total. The second-order valence-electron chi connectivity index (χ2n) is 7.21. The van der Waals surface area contributed by atoms with Crippen LogP contribution in [0.15, 0.2) is 30.5 Å². The predicted molar refractivity (Wildman–Crippen MR) is 118 cm³/mol. The Morgan fingerprint density at radius 2 is 2.00 bits per heavy atom. The van der Waals surface area contributed by atoms with Gasteiger partial charge in [-0.2, -0.15) is 0 Å². The number of nitrogens with zero attached hydrogens (tertiary/aromatic N) is 2. The number of likely N-dealkylation sites (N-methyl/N-ethyl adjacent to an activating group) is 1. The Labute approximate surface area is 180 Å². The number of halogens is 1. The van der Waals surface area contributed by atoms with Crippen molar-refractivity contribution >= 4 is 39.9 Å². The van der Waals surface area contributed by atoms with Gasteiger partial charge in [-0.1, -0.05) is 23.7 Å². The number of rotatable bonds is 9. The fraction of sp³-hybridized carbons (Fsp3) is 0.450. The zero-order valence-corrected chi connectivity index (χ0v) is 18.7. The van der Waals surface area contributed by atoms with Gasteiger partial charge in [-0.25, -0.2) is 4.98 Å². The molecule has 2 amide bonds. The van der Waals surface area contributed by atoms with Gasteiger partial charge in [0.1, 0.15) is 6.04 Å². The molecule has 1 aromatic carbocycles. The lowest BCUT2D eigenvalue weighted by Gasteiger charge is -2.29. The summed E-state index contributed by atoms with van der Waals surface area (Å²) in [5, 5.41) is 6.78. The minimum Gasteiger partial charge on any atom is -0.375 e. The molecule has 0 aliphatic carbocycles. The Bertz CT molecular complexity index is 842. The monoisotopic (exact) mass is 437 g/mol. The molecule has 7 nitrogen and oxygen atoms in total. The van der Waals surface area contributed by atoms with Crippen LogP contribution >= 0.6 is 22.9 Å². The molecule has 0 bridgehead atoms. The number of nitrogens with one attached hydrogen (secondary N) is 2. The highest BCUT2D eigenvalue weighted by molar-refractivity contribution is 7.15. The summed E-state index contributed by atoms with van der Waals surface area (Å²) in [5.74, 6) is -0.477. The molecule has 29 heavy (non-hydrogen) atoms. The van der Waals surface area contributed by atoms with E-state index in [-0.39, 0.29) is 23.9 Å². The van der Waals surface area contributed by atoms with E-state index < -0.39 is 6.04 Å². The lowest BCUT2D eigenvalue weighted by Crippen LogP contribution is -2.53. The summed E-state index contributed by atoms with van der Waals surface area (Å²) in [5.41, 5.74) is 6.50. The van der Waals surface area contributed by atoms with E-state index in [9.17, 15) is 9.59 Å². The maximum absolute atomic E-state index is 12.9. The fourth-order valence-electron chi connectivity index (χ4n) is 2.74. The molecule has 2 atom stereocenters. The molecule has 0 aliphatic rings. The Kier molecular flexibility index (Phi) is 8.43. The number of aromatic nitrogens is 1. The minimum atomic E-state index is -0.728. The van der Waals surface area contributed by atoms with E-state index >= 15 is 0 Å². The zero-order valence-electron chi connectivity index (χ0n) is 17.1. The van der Waals surface area contributed by atoms with Crippen molar-refractivity contribution in [1.82, 2.24) is 20.5 Å². The molecule has 2 aromatic rings. The Morgan fingerprint density at radius 3 is 2.59 bits per heavy atom. The molecule has 0 saturated heterocycles. The average molecular weight is 438 g/mol. The highest BCUT2D eigenvalue weighted by atomic mass is 35.5. The van der Waals surface area contributed by atoms with Crippen LogP contribution < -0.4 is 16.4 Å². The SMILES string of the molecule is CC(C)N(C)C(C)C(=O)N[C@@H](Cc1cccc(Cl)c1)C(=O)NCc1cnc(N)s1. The molecule has 2 rings (SSSR count). The van der Waals surface area contributed by atoms with Crippen molar-refractivity contribution < 1.29 is 9.59 Å². The Morgan fingerprint density at radius 1 is 1.28 bits per heavy atom.